The van der Waals surface area contributed by atoms with Crippen molar-refractivity contribution in [2.45, 2.75) is 57.5 Å². The van der Waals surface area contributed by atoms with Gasteiger partial charge in [-0.1, -0.05) is 37.3 Å². The van der Waals surface area contributed by atoms with E-state index in [-0.39, 0.29) is 19.1 Å². The molecule has 0 spiro atoms. The Morgan fingerprint density at radius 3 is 2.48 bits per heavy atom. The van der Waals surface area contributed by atoms with E-state index < -0.39 is 36.0 Å². The zero-order valence-corrected chi connectivity index (χ0v) is 15.5. The van der Waals surface area contributed by atoms with Crippen molar-refractivity contribution < 1.29 is 29.3 Å². The molecule has 3 N–H and O–H groups in total. The molecule has 1 aromatic carbocycles. The van der Waals surface area contributed by atoms with Crippen molar-refractivity contribution in [1.29, 1.82) is 0 Å². The Morgan fingerprint density at radius 2 is 1.93 bits per heavy atom. The summed E-state index contributed by atoms with van der Waals surface area (Å²) in [4.78, 5) is 36.7. The van der Waals surface area contributed by atoms with Gasteiger partial charge in [-0.05, 0) is 18.9 Å². The number of carbonyl (C=O) groups is 3. The number of hydrogen-bond acceptors (Lipinski definition) is 5. The summed E-state index contributed by atoms with van der Waals surface area (Å²) in [5.74, 6) is -2.57. The topological polar surface area (TPSA) is 116 Å². The van der Waals surface area contributed by atoms with Crippen LogP contribution in [0.4, 0.5) is 0 Å². The zero-order valence-electron chi connectivity index (χ0n) is 15.5. The highest BCUT2D eigenvalue weighted by Gasteiger charge is 2.41. The van der Waals surface area contributed by atoms with E-state index in [0.717, 1.165) is 5.56 Å². The van der Waals surface area contributed by atoms with E-state index in [2.05, 4.69) is 5.32 Å². The summed E-state index contributed by atoms with van der Waals surface area (Å²) >= 11 is 0. The molecule has 0 aromatic heterocycles. The van der Waals surface area contributed by atoms with Crippen LogP contribution in [-0.2, 0) is 25.7 Å². The standard InChI is InChI=1S/C19H26N2O6/c1-3-15(18(23)24)20-12(2)17(22)21-10-14(9-16(21)19(25)26)27-11-13-7-5-4-6-8-13/h4-8,12,14-16,20H,3,9-11H2,1-2H3,(H,23,24)(H,25,26)/t12-,14+,15?,16?/m0/s1. The predicted octanol–water partition coefficient (Wildman–Crippen LogP) is 1.10. The van der Waals surface area contributed by atoms with Gasteiger partial charge in [0.15, 0.2) is 0 Å². The van der Waals surface area contributed by atoms with Gasteiger partial charge in [0.25, 0.3) is 0 Å². The van der Waals surface area contributed by atoms with E-state index in [1.165, 1.54) is 4.90 Å². The molecule has 148 valence electrons. The number of hydrogen-bond donors (Lipinski definition) is 3. The second-order valence-electron chi connectivity index (χ2n) is 6.69. The van der Waals surface area contributed by atoms with Gasteiger partial charge in [0.1, 0.15) is 12.1 Å². The van der Waals surface area contributed by atoms with Crippen LogP contribution < -0.4 is 5.32 Å². The lowest BCUT2D eigenvalue weighted by atomic mass is 10.1. The molecule has 1 heterocycles. The molecular formula is C19H26N2O6. The van der Waals surface area contributed by atoms with Crippen LogP contribution in [0.3, 0.4) is 0 Å². The number of aliphatic carboxylic acids is 2. The Labute approximate surface area is 158 Å². The van der Waals surface area contributed by atoms with Crippen LogP contribution in [0.2, 0.25) is 0 Å². The molecule has 1 aromatic rings. The summed E-state index contributed by atoms with van der Waals surface area (Å²) in [6.45, 7) is 3.75. The molecule has 2 rings (SSSR count). The summed E-state index contributed by atoms with van der Waals surface area (Å²) in [5.41, 5.74) is 0.969. The number of carboxylic acids is 2. The normalized spacial score (nSPS) is 21.6. The quantitative estimate of drug-likeness (QED) is 0.589. The largest absolute Gasteiger partial charge is 0.480 e. The Morgan fingerprint density at radius 1 is 1.26 bits per heavy atom. The summed E-state index contributed by atoms with van der Waals surface area (Å²) in [5, 5.41) is 21.3. The van der Waals surface area contributed by atoms with Gasteiger partial charge in [-0.3, -0.25) is 14.9 Å². The minimum Gasteiger partial charge on any atom is -0.480 e. The average molecular weight is 378 g/mol. The number of carbonyl (C=O) groups excluding carboxylic acids is 1. The molecule has 1 amide bonds. The fourth-order valence-corrected chi connectivity index (χ4v) is 3.17. The van der Waals surface area contributed by atoms with Gasteiger partial charge < -0.3 is 19.8 Å². The van der Waals surface area contributed by atoms with Crippen LogP contribution in [0.1, 0.15) is 32.3 Å². The molecule has 1 aliphatic rings. The maximum Gasteiger partial charge on any atom is 0.326 e. The third-order valence-corrected chi connectivity index (χ3v) is 4.69. The van der Waals surface area contributed by atoms with Gasteiger partial charge in [0.2, 0.25) is 5.91 Å². The van der Waals surface area contributed by atoms with Crippen LogP contribution in [0.25, 0.3) is 0 Å². The molecule has 2 unspecified atom stereocenters. The third kappa shape index (κ3) is 5.51. The summed E-state index contributed by atoms with van der Waals surface area (Å²) < 4.78 is 5.80. The second kappa shape index (κ2) is 9.48. The van der Waals surface area contributed by atoms with Crippen molar-refractivity contribution in [3.63, 3.8) is 0 Å². The van der Waals surface area contributed by atoms with E-state index in [9.17, 15) is 19.5 Å². The number of likely N-dealkylation sites (tertiary alicyclic amines) is 1. The van der Waals surface area contributed by atoms with Gasteiger partial charge in [-0.15, -0.1) is 0 Å². The third-order valence-electron chi connectivity index (χ3n) is 4.69. The number of rotatable bonds is 9. The van der Waals surface area contributed by atoms with Gasteiger partial charge >= 0.3 is 11.9 Å². The average Bonchev–Trinajstić information content (AvgIpc) is 3.08. The van der Waals surface area contributed by atoms with E-state index in [1.807, 2.05) is 30.3 Å². The van der Waals surface area contributed by atoms with Crippen molar-refractivity contribution in [3.05, 3.63) is 35.9 Å². The van der Waals surface area contributed by atoms with Crippen LogP contribution in [0, 0.1) is 0 Å². The molecule has 8 heteroatoms. The van der Waals surface area contributed by atoms with Gasteiger partial charge in [-0.25, -0.2) is 4.79 Å². The smallest absolute Gasteiger partial charge is 0.326 e. The molecular weight excluding hydrogens is 352 g/mol. The van der Waals surface area contributed by atoms with Gasteiger partial charge in [0, 0.05) is 13.0 Å². The molecule has 1 aliphatic heterocycles. The molecule has 4 atom stereocenters. The lowest BCUT2D eigenvalue weighted by Crippen LogP contribution is -2.53. The van der Waals surface area contributed by atoms with Crippen LogP contribution in [0.15, 0.2) is 30.3 Å². The Balaban J connectivity index is 1.99. The van der Waals surface area contributed by atoms with Gasteiger partial charge in [-0.2, -0.15) is 0 Å². The highest BCUT2D eigenvalue weighted by atomic mass is 16.5. The maximum absolute atomic E-state index is 12.7. The van der Waals surface area contributed by atoms with Crippen molar-refractivity contribution >= 4 is 17.8 Å². The SMILES string of the molecule is CCC(N[C@@H](C)C(=O)N1C[C@H](OCc2ccccc2)CC1C(=O)O)C(=O)O. The van der Waals surface area contributed by atoms with E-state index >= 15 is 0 Å². The number of nitrogens with one attached hydrogen (secondary N) is 1. The summed E-state index contributed by atoms with van der Waals surface area (Å²) in [6.07, 6.45) is 0.137. The number of ether oxygens (including phenoxy) is 1. The highest BCUT2D eigenvalue weighted by molar-refractivity contribution is 5.88. The minimum absolute atomic E-state index is 0.165. The summed E-state index contributed by atoms with van der Waals surface area (Å²) in [6, 6.07) is 6.86. The first-order chi connectivity index (χ1) is 12.8. The number of amides is 1. The van der Waals surface area contributed by atoms with Crippen molar-refractivity contribution in [1.82, 2.24) is 10.2 Å². The van der Waals surface area contributed by atoms with E-state index in [4.69, 9.17) is 9.84 Å². The minimum atomic E-state index is -1.09. The van der Waals surface area contributed by atoms with Crippen LogP contribution >= 0.6 is 0 Å². The van der Waals surface area contributed by atoms with Crippen LogP contribution in [-0.4, -0.2) is 63.7 Å². The lowest BCUT2D eigenvalue weighted by molar-refractivity contribution is -0.149. The maximum atomic E-state index is 12.7. The van der Waals surface area contributed by atoms with Crippen molar-refractivity contribution in [2.75, 3.05) is 6.54 Å². The number of nitrogens with zero attached hydrogens (tertiary/aromatic N) is 1. The number of benzene rings is 1. The first kappa shape index (κ1) is 20.9. The molecule has 0 saturated carbocycles. The molecule has 27 heavy (non-hydrogen) atoms. The molecule has 1 fully saturated rings. The first-order valence-corrected chi connectivity index (χ1v) is 9.01. The monoisotopic (exact) mass is 378 g/mol. The Hall–Kier alpha value is -2.45. The molecule has 0 aliphatic carbocycles. The lowest BCUT2D eigenvalue weighted by Gasteiger charge is -2.26. The fourth-order valence-electron chi connectivity index (χ4n) is 3.17. The molecule has 8 nitrogen and oxygen atoms in total. The fraction of sp³-hybridized carbons (Fsp3) is 0.526. The molecule has 1 saturated heterocycles. The second-order valence-corrected chi connectivity index (χ2v) is 6.69. The number of carboxylic acid groups (broad SMARTS) is 2. The van der Waals surface area contributed by atoms with Crippen LogP contribution in [0.5, 0.6) is 0 Å². The van der Waals surface area contributed by atoms with Crippen molar-refractivity contribution in [3.8, 4) is 0 Å². The molecule has 0 bridgehead atoms. The molecule has 0 radical (unpaired) electrons. The Kier molecular flexibility index (Phi) is 7.32. The van der Waals surface area contributed by atoms with E-state index in [1.54, 1.807) is 13.8 Å². The predicted molar refractivity (Wildman–Crippen MR) is 97.1 cm³/mol. The van der Waals surface area contributed by atoms with E-state index in [0.29, 0.717) is 13.0 Å². The van der Waals surface area contributed by atoms with Gasteiger partial charge in [0.05, 0.1) is 18.8 Å². The van der Waals surface area contributed by atoms with Crippen molar-refractivity contribution in [2.24, 2.45) is 0 Å². The zero-order chi connectivity index (χ0) is 20.0. The Bertz CT molecular complexity index is 665. The highest BCUT2D eigenvalue weighted by Crippen LogP contribution is 2.23. The first-order valence-electron chi connectivity index (χ1n) is 9.01. The summed E-state index contributed by atoms with van der Waals surface area (Å²) in [7, 11) is 0.